The molecule has 0 spiro atoms. The number of fused-ring (bicyclic) bond motifs is 1. The lowest BCUT2D eigenvalue weighted by molar-refractivity contribution is -0.137. The molecule has 7 nitrogen and oxygen atoms in total. The topological polar surface area (TPSA) is 95.9 Å². The molecular formula is C19H24N2O5. The Morgan fingerprint density at radius 3 is 2.73 bits per heavy atom. The van der Waals surface area contributed by atoms with Crippen molar-refractivity contribution in [3.8, 4) is 5.75 Å². The summed E-state index contributed by atoms with van der Waals surface area (Å²) in [6, 6.07) is 7.68. The standard InChI is InChI=1S/C19H24N2O5/c22-16-5-8-19(20-16,10-7-18(24)25)9-6-17(23)21-11-12-26-15-4-2-1-3-14(15)13-21/h1-4H,5-13H2,(H,20,22)(H,24,25)/t19-/m0/s1. The molecule has 1 aromatic rings. The minimum absolute atomic E-state index is 0.00107. The van der Waals surface area contributed by atoms with Crippen LogP contribution in [0, 0.1) is 0 Å². The van der Waals surface area contributed by atoms with Crippen molar-refractivity contribution in [3.05, 3.63) is 29.8 Å². The first-order chi connectivity index (χ1) is 12.5. The number of carboxylic acid groups (broad SMARTS) is 1. The Balaban J connectivity index is 1.61. The van der Waals surface area contributed by atoms with Crippen molar-refractivity contribution in [2.45, 2.75) is 50.6 Å². The second kappa shape index (κ2) is 7.76. The number of carbonyl (C=O) groups is 3. The molecule has 0 bridgehead atoms. The van der Waals surface area contributed by atoms with Gasteiger partial charge in [-0.25, -0.2) is 0 Å². The van der Waals surface area contributed by atoms with Crippen LogP contribution in [0.3, 0.4) is 0 Å². The first-order valence-electron chi connectivity index (χ1n) is 8.99. The molecular weight excluding hydrogens is 336 g/mol. The number of nitrogens with one attached hydrogen (secondary N) is 1. The third kappa shape index (κ3) is 4.33. The van der Waals surface area contributed by atoms with E-state index in [0.29, 0.717) is 45.4 Å². The Labute approximate surface area is 152 Å². The van der Waals surface area contributed by atoms with E-state index in [0.717, 1.165) is 11.3 Å². The quantitative estimate of drug-likeness (QED) is 0.805. The van der Waals surface area contributed by atoms with Crippen molar-refractivity contribution in [1.82, 2.24) is 10.2 Å². The van der Waals surface area contributed by atoms with Crippen LogP contribution in [0.1, 0.15) is 44.1 Å². The molecule has 0 radical (unpaired) electrons. The Hall–Kier alpha value is -2.57. The number of para-hydroxylation sites is 1. The van der Waals surface area contributed by atoms with Crippen molar-refractivity contribution < 1.29 is 24.2 Å². The van der Waals surface area contributed by atoms with Crippen molar-refractivity contribution in [2.24, 2.45) is 0 Å². The molecule has 2 aliphatic rings. The summed E-state index contributed by atoms with van der Waals surface area (Å²) in [5, 5.41) is 11.9. The van der Waals surface area contributed by atoms with Crippen LogP contribution < -0.4 is 10.1 Å². The number of benzene rings is 1. The minimum atomic E-state index is -0.891. The van der Waals surface area contributed by atoms with Gasteiger partial charge in [0.05, 0.1) is 6.54 Å². The molecule has 7 heteroatoms. The fourth-order valence-electron chi connectivity index (χ4n) is 3.66. The van der Waals surface area contributed by atoms with Crippen LogP contribution in [0.4, 0.5) is 0 Å². The maximum atomic E-state index is 12.7. The van der Waals surface area contributed by atoms with E-state index < -0.39 is 11.5 Å². The molecule has 2 heterocycles. The number of rotatable bonds is 6. The number of aliphatic carboxylic acids is 1. The average molecular weight is 360 g/mol. The van der Waals surface area contributed by atoms with Crippen molar-refractivity contribution in [2.75, 3.05) is 13.2 Å². The highest BCUT2D eigenvalue weighted by atomic mass is 16.5. The molecule has 2 N–H and O–H groups in total. The number of amides is 2. The van der Waals surface area contributed by atoms with Gasteiger partial charge in [-0.05, 0) is 25.3 Å². The van der Waals surface area contributed by atoms with Crippen LogP contribution in [0.5, 0.6) is 5.75 Å². The van der Waals surface area contributed by atoms with E-state index in [-0.39, 0.29) is 24.7 Å². The number of hydrogen-bond donors (Lipinski definition) is 2. The maximum absolute atomic E-state index is 12.7. The van der Waals surface area contributed by atoms with Gasteiger partial charge in [-0.15, -0.1) is 0 Å². The highest BCUT2D eigenvalue weighted by molar-refractivity contribution is 5.80. The molecule has 1 saturated heterocycles. The smallest absolute Gasteiger partial charge is 0.303 e. The van der Waals surface area contributed by atoms with Crippen molar-refractivity contribution in [3.63, 3.8) is 0 Å². The second-order valence-electron chi connectivity index (χ2n) is 6.99. The summed E-state index contributed by atoms with van der Waals surface area (Å²) in [7, 11) is 0. The van der Waals surface area contributed by atoms with E-state index in [2.05, 4.69) is 5.32 Å². The highest BCUT2D eigenvalue weighted by Gasteiger charge is 2.38. The van der Waals surface area contributed by atoms with Crippen LogP contribution >= 0.6 is 0 Å². The van der Waals surface area contributed by atoms with Gasteiger partial charge < -0.3 is 20.1 Å². The third-order valence-electron chi connectivity index (χ3n) is 5.18. The van der Waals surface area contributed by atoms with Crippen molar-refractivity contribution in [1.29, 1.82) is 0 Å². The van der Waals surface area contributed by atoms with E-state index in [1.54, 1.807) is 4.90 Å². The van der Waals surface area contributed by atoms with E-state index in [9.17, 15) is 14.4 Å². The number of ether oxygens (including phenoxy) is 1. The molecule has 0 aromatic heterocycles. The molecule has 1 aromatic carbocycles. The lowest BCUT2D eigenvalue weighted by Crippen LogP contribution is -2.43. The summed E-state index contributed by atoms with van der Waals surface area (Å²) < 4.78 is 5.69. The molecule has 2 amide bonds. The minimum Gasteiger partial charge on any atom is -0.491 e. The largest absolute Gasteiger partial charge is 0.491 e. The number of hydrogen-bond acceptors (Lipinski definition) is 4. The maximum Gasteiger partial charge on any atom is 0.303 e. The fourth-order valence-corrected chi connectivity index (χ4v) is 3.66. The molecule has 1 atom stereocenters. The third-order valence-corrected chi connectivity index (χ3v) is 5.18. The Kier molecular flexibility index (Phi) is 5.44. The highest BCUT2D eigenvalue weighted by Crippen LogP contribution is 2.31. The van der Waals surface area contributed by atoms with Gasteiger partial charge in [-0.1, -0.05) is 18.2 Å². The summed E-state index contributed by atoms with van der Waals surface area (Å²) in [5.41, 5.74) is 0.402. The molecule has 0 unspecified atom stereocenters. The summed E-state index contributed by atoms with van der Waals surface area (Å²) in [4.78, 5) is 37.1. The molecule has 3 rings (SSSR count). The lowest BCUT2D eigenvalue weighted by Gasteiger charge is -2.30. The zero-order valence-corrected chi connectivity index (χ0v) is 14.7. The SMILES string of the molecule is O=C(O)CC[C@@]1(CCC(=O)N2CCOc3ccccc3C2)CCC(=O)N1. The van der Waals surface area contributed by atoms with Crippen LogP contribution in [0.15, 0.2) is 24.3 Å². The average Bonchev–Trinajstić information content (AvgIpc) is 2.86. The first kappa shape index (κ1) is 18.2. The van der Waals surface area contributed by atoms with E-state index in [1.165, 1.54) is 0 Å². The fraction of sp³-hybridized carbons (Fsp3) is 0.526. The van der Waals surface area contributed by atoms with Gasteiger partial charge in [-0.2, -0.15) is 0 Å². The number of carbonyl (C=O) groups excluding carboxylic acids is 2. The summed E-state index contributed by atoms with van der Waals surface area (Å²) >= 11 is 0. The Morgan fingerprint density at radius 1 is 1.23 bits per heavy atom. The predicted molar refractivity (Wildman–Crippen MR) is 93.6 cm³/mol. The summed E-state index contributed by atoms with van der Waals surface area (Å²) in [5.74, 6) is -0.150. The number of nitrogens with zero attached hydrogens (tertiary/aromatic N) is 1. The molecule has 0 saturated carbocycles. The van der Waals surface area contributed by atoms with Crippen LogP contribution in [-0.4, -0.2) is 46.5 Å². The van der Waals surface area contributed by atoms with E-state index >= 15 is 0 Å². The van der Waals surface area contributed by atoms with Gasteiger partial charge in [0.2, 0.25) is 11.8 Å². The Morgan fingerprint density at radius 2 is 2.00 bits per heavy atom. The monoisotopic (exact) mass is 360 g/mol. The van der Waals surface area contributed by atoms with Gasteiger partial charge in [0, 0.05) is 36.9 Å². The molecule has 1 fully saturated rings. The summed E-state index contributed by atoms with van der Waals surface area (Å²) in [6.45, 7) is 1.47. The normalized spacial score (nSPS) is 22.2. The molecule has 2 aliphatic heterocycles. The molecule has 140 valence electrons. The van der Waals surface area contributed by atoms with Gasteiger partial charge in [0.1, 0.15) is 12.4 Å². The van der Waals surface area contributed by atoms with Gasteiger partial charge in [0.25, 0.3) is 0 Å². The zero-order chi connectivity index (χ0) is 18.6. The molecule has 0 aliphatic carbocycles. The van der Waals surface area contributed by atoms with Gasteiger partial charge in [0.15, 0.2) is 0 Å². The van der Waals surface area contributed by atoms with Crippen LogP contribution in [0.2, 0.25) is 0 Å². The number of carboxylic acids is 1. The second-order valence-corrected chi connectivity index (χ2v) is 6.99. The van der Waals surface area contributed by atoms with Gasteiger partial charge in [-0.3, -0.25) is 14.4 Å². The van der Waals surface area contributed by atoms with Crippen LogP contribution in [0.25, 0.3) is 0 Å². The zero-order valence-electron chi connectivity index (χ0n) is 14.7. The Bertz CT molecular complexity index is 705. The van der Waals surface area contributed by atoms with E-state index in [4.69, 9.17) is 9.84 Å². The lowest BCUT2D eigenvalue weighted by atomic mass is 9.86. The predicted octanol–water partition coefficient (Wildman–Crippen LogP) is 1.70. The first-order valence-corrected chi connectivity index (χ1v) is 8.99. The summed E-state index contributed by atoms with van der Waals surface area (Å²) in [6.07, 6.45) is 2.05. The van der Waals surface area contributed by atoms with E-state index in [1.807, 2.05) is 24.3 Å². The van der Waals surface area contributed by atoms with Crippen LogP contribution in [-0.2, 0) is 20.9 Å². The molecule has 26 heavy (non-hydrogen) atoms. The van der Waals surface area contributed by atoms with Gasteiger partial charge >= 0.3 is 5.97 Å². The van der Waals surface area contributed by atoms with Crippen molar-refractivity contribution >= 4 is 17.8 Å².